The minimum atomic E-state index is -0.407. The van der Waals surface area contributed by atoms with E-state index in [0.717, 1.165) is 0 Å². The van der Waals surface area contributed by atoms with Crippen LogP contribution in [0, 0.1) is 5.82 Å². The van der Waals surface area contributed by atoms with Crippen LogP contribution in [0.15, 0.2) is 31.9 Å². The summed E-state index contributed by atoms with van der Waals surface area (Å²) in [6.07, 6.45) is 0. The van der Waals surface area contributed by atoms with E-state index in [1.165, 1.54) is 6.07 Å². The Bertz CT molecular complexity index is 452. The first-order chi connectivity index (χ1) is 6.68. The van der Waals surface area contributed by atoms with E-state index in [4.69, 9.17) is 4.42 Å². The van der Waals surface area contributed by atoms with Crippen LogP contribution in [-0.2, 0) is 0 Å². The number of rotatable bonds is 1. The lowest BCUT2D eigenvalue weighted by Crippen LogP contribution is -1.85. The molecule has 0 atom stereocenters. The molecule has 0 spiro atoms. The lowest BCUT2D eigenvalue weighted by molar-refractivity contribution is 0.532. The summed E-state index contributed by atoms with van der Waals surface area (Å²) in [4.78, 5) is 0.225. The maximum absolute atomic E-state index is 13.4. The molecule has 1 aromatic carbocycles. The quantitative estimate of drug-likeness (QED) is 0.808. The average Bonchev–Trinajstić information content (AvgIpc) is 2.51. The van der Waals surface area contributed by atoms with E-state index >= 15 is 0 Å². The average molecular weight is 322 g/mol. The lowest BCUT2D eigenvalue weighted by atomic mass is 10.2. The minimum Gasteiger partial charge on any atom is -0.411 e. The molecular weight excluding hydrogens is 319 g/mol. The molecule has 3 nitrogen and oxygen atoms in total. The number of hydrogen-bond acceptors (Lipinski definition) is 3. The van der Waals surface area contributed by atoms with Crippen LogP contribution in [0.5, 0.6) is 0 Å². The van der Waals surface area contributed by atoms with Crippen molar-refractivity contribution >= 4 is 31.9 Å². The fourth-order valence-corrected chi connectivity index (χ4v) is 1.75. The molecule has 0 aliphatic heterocycles. The SMILES string of the molecule is Fc1cccc(Br)c1-c1nnc(Br)o1. The lowest BCUT2D eigenvalue weighted by Gasteiger charge is -1.99. The van der Waals surface area contributed by atoms with Crippen molar-refractivity contribution in [2.24, 2.45) is 0 Å². The molecule has 0 radical (unpaired) electrons. The Kier molecular flexibility index (Phi) is 2.64. The van der Waals surface area contributed by atoms with Gasteiger partial charge in [0.1, 0.15) is 5.82 Å². The second-order valence-corrected chi connectivity index (χ2v) is 3.99. The van der Waals surface area contributed by atoms with Crippen molar-refractivity contribution in [1.29, 1.82) is 0 Å². The van der Waals surface area contributed by atoms with Crippen molar-refractivity contribution in [1.82, 2.24) is 10.2 Å². The van der Waals surface area contributed by atoms with Crippen LogP contribution in [0.1, 0.15) is 0 Å². The van der Waals surface area contributed by atoms with Crippen LogP contribution < -0.4 is 0 Å². The van der Waals surface area contributed by atoms with E-state index in [1.807, 2.05) is 0 Å². The van der Waals surface area contributed by atoms with E-state index in [2.05, 4.69) is 42.1 Å². The molecule has 0 N–H and O–H groups in total. The maximum Gasteiger partial charge on any atom is 0.285 e. The first kappa shape index (κ1) is 9.79. The van der Waals surface area contributed by atoms with Gasteiger partial charge in [-0.1, -0.05) is 6.07 Å². The summed E-state index contributed by atoms with van der Waals surface area (Å²) in [5, 5.41) is 7.26. The van der Waals surface area contributed by atoms with Gasteiger partial charge in [0.15, 0.2) is 0 Å². The molecule has 14 heavy (non-hydrogen) atoms. The van der Waals surface area contributed by atoms with E-state index < -0.39 is 5.82 Å². The number of nitrogens with zero attached hydrogens (tertiary/aromatic N) is 2. The number of halogens is 3. The molecular formula is C8H3Br2FN2O. The van der Waals surface area contributed by atoms with Gasteiger partial charge in [-0.2, -0.15) is 0 Å². The molecule has 0 saturated carbocycles. The van der Waals surface area contributed by atoms with Crippen molar-refractivity contribution in [3.05, 3.63) is 33.3 Å². The highest BCUT2D eigenvalue weighted by Gasteiger charge is 2.14. The van der Waals surface area contributed by atoms with Crippen LogP contribution in [0.3, 0.4) is 0 Å². The second kappa shape index (κ2) is 3.78. The van der Waals surface area contributed by atoms with Gasteiger partial charge in [-0.25, -0.2) is 4.39 Å². The highest BCUT2D eigenvalue weighted by Crippen LogP contribution is 2.30. The Morgan fingerprint density at radius 3 is 2.57 bits per heavy atom. The predicted molar refractivity (Wildman–Crippen MR) is 55.1 cm³/mol. The summed E-state index contributed by atoms with van der Waals surface area (Å²) in [7, 11) is 0. The van der Waals surface area contributed by atoms with Crippen LogP contribution in [0.4, 0.5) is 4.39 Å². The molecule has 0 aliphatic rings. The standard InChI is InChI=1S/C8H3Br2FN2O/c9-4-2-1-3-5(11)6(4)7-12-13-8(10)14-7/h1-3H. The Morgan fingerprint density at radius 2 is 2.00 bits per heavy atom. The summed E-state index contributed by atoms with van der Waals surface area (Å²) in [5.74, 6) is -0.266. The van der Waals surface area contributed by atoms with Crippen molar-refractivity contribution in [3.63, 3.8) is 0 Å². The normalized spacial score (nSPS) is 10.5. The van der Waals surface area contributed by atoms with Gasteiger partial charge in [-0.05, 0) is 28.1 Å². The highest BCUT2D eigenvalue weighted by molar-refractivity contribution is 9.10. The van der Waals surface area contributed by atoms with Crippen LogP contribution in [0.2, 0.25) is 0 Å². The van der Waals surface area contributed by atoms with Gasteiger partial charge in [0.05, 0.1) is 5.56 Å². The summed E-state index contributed by atoms with van der Waals surface area (Å²) in [5.41, 5.74) is 0.269. The van der Waals surface area contributed by atoms with E-state index in [0.29, 0.717) is 4.47 Å². The first-order valence-corrected chi connectivity index (χ1v) is 5.20. The third-order valence-electron chi connectivity index (χ3n) is 1.58. The van der Waals surface area contributed by atoms with Crippen LogP contribution >= 0.6 is 31.9 Å². The summed E-state index contributed by atoms with van der Waals surface area (Å²) >= 11 is 6.21. The van der Waals surface area contributed by atoms with Crippen LogP contribution in [0.25, 0.3) is 11.5 Å². The van der Waals surface area contributed by atoms with Crippen molar-refractivity contribution in [3.8, 4) is 11.5 Å². The Hall–Kier alpha value is -0.750. The number of aromatic nitrogens is 2. The number of hydrogen-bond donors (Lipinski definition) is 0. The zero-order chi connectivity index (χ0) is 10.1. The first-order valence-electron chi connectivity index (χ1n) is 3.62. The van der Waals surface area contributed by atoms with Gasteiger partial charge in [-0.15, -0.1) is 10.2 Å². The third-order valence-corrected chi connectivity index (χ3v) is 2.56. The van der Waals surface area contributed by atoms with Crippen molar-refractivity contribution in [2.45, 2.75) is 0 Å². The third kappa shape index (κ3) is 1.72. The van der Waals surface area contributed by atoms with E-state index in [1.54, 1.807) is 12.1 Å². The molecule has 0 fully saturated rings. The van der Waals surface area contributed by atoms with E-state index in [9.17, 15) is 4.39 Å². The van der Waals surface area contributed by atoms with Gasteiger partial charge in [-0.3, -0.25) is 0 Å². The van der Waals surface area contributed by atoms with Gasteiger partial charge in [0.2, 0.25) is 0 Å². The van der Waals surface area contributed by atoms with Gasteiger partial charge in [0.25, 0.3) is 10.7 Å². The van der Waals surface area contributed by atoms with Gasteiger partial charge in [0, 0.05) is 20.4 Å². The van der Waals surface area contributed by atoms with Crippen molar-refractivity contribution in [2.75, 3.05) is 0 Å². The molecule has 1 aromatic heterocycles. The Morgan fingerprint density at radius 1 is 1.21 bits per heavy atom. The molecule has 0 aliphatic carbocycles. The summed E-state index contributed by atoms with van der Waals surface area (Å²) in [6, 6.07) is 4.63. The largest absolute Gasteiger partial charge is 0.411 e. The molecule has 0 bridgehead atoms. The monoisotopic (exact) mass is 320 g/mol. The Labute approximate surface area is 95.6 Å². The van der Waals surface area contributed by atoms with Gasteiger partial charge < -0.3 is 4.42 Å². The molecule has 0 saturated heterocycles. The molecule has 1 heterocycles. The molecule has 2 rings (SSSR count). The molecule has 6 heteroatoms. The van der Waals surface area contributed by atoms with Crippen molar-refractivity contribution < 1.29 is 8.81 Å². The highest BCUT2D eigenvalue weighted by atomic mass is 79.9. The predicted octanol–water partition coefficient (Wildman–Crippen LogP) is 3.40. The number of benzene rings is 1. The fraction of sp³-hybridized carbons (Fsp3) is 0. The maximum atomic E-state index is 13.4. The van der Waals surface area contributed by atoms with Crippen LogP contribution in [-0.4, -0.2) is 10.2 Å². The topological polar surface area (TPSA) is 38.9 Å². The second-order valence-electron chi connectivity index (χ2n) is 2.46. The van der Waals surface area contributed by atoms with E-state index in [-0.39, 0.29) is 16.3 Å². The molecule has 0 unspecified atom stereocenters. The summed E-state index contributed by atoms with van der Waals surface area (Å²) < 4.78 is 19.0. The molecule has 0 amide bonds. The fourth-order valence-electron chi connectivity index (χ4n) is 1.01. The zero-order valence-corrected chi connectivity index (χ0v) is 9.84. The Balaban J connectivity index is 2.61. The minimum absolute atomic E-state index is 0.141. The molecule has 2 aromatic rings. The summed E-state index contributed by atoms with van der Waals surface area (Å²) in [6.45, 7) is 0. The zero-order valence-electron chi connectivity index (χ0n) is 6.67. The smallest absolute Gasteiger partial charge is 0.285 e. The van der Waals surface area contributed by atoms with Gasteiger partial charge >= 0.3 is 0 Å². The molecule has 72 valence electrons.